The number of rotatable bonds is 9. The van der Waals surface area contributed by atoms with E-state index in [1.807, 2.05) is 0 Å². The second-order valence-corrected chi connectivity index (χ2v) is 12.0. The molecular formula is C33H23F2N4O6S-. The van der Waals surface area contributed by atoms with Crippen LogP contribution in [0.15, 0.2) is 80.8 Å². The number of hydrogen-bond donors (Lipinski definition) is 0. The van der Waals surface area contributed by atoms with Crippen molar-refractivity contribution in [2.45, 2.75) is 31.8 Å². The summed E-state index contributed by atoms with van der Waals surface area (Å²) in [6.07, 6.45) is 0.973. The largest absolute Gasteiger partial charge is 0.528 e. The number of carbonyl (C=O) groups is 1. The molecule has 0 aliphatic heterocycles. The van der Waals surface area contributed by atoms with Gasteiger partial charge in [-0.25, -0.2) is 18.6 Å². The Morgan fingerprint density at radius 1 is 1.02 bits per heavy atom. The molecule has 6 aromatic rings. The van der Waals surface area contributed by atoms with Gasteiger partial charge in [-0.05, 0) is 72.4 Å². The molecule has 0 bridgehead atoms. The van der Waals surface area contributed by atoms with E-state index < -0.39 is 53.4 Å². The number of ether oxygens (including phenoxy) is 1. The number of Topliss-reactive ketones (excluding diaryl/α,β-unsaturated/α-hetero) is 1. The van der Waals surface area contributed by atoms with E-state index in [2.05, 4.69) is 14.7 Å². The van der Waals surface area contributed by atoms with Gasteiger partial charge >= 0.3 is 5.69 Å². The third-order valence-corrected chi connectivity index (χ3v) is 9.27. The van der Waals surface area contributed by atoms with E-state index in [9.17, 15) is 19.5 Å². The van der Waals surface area contributed by atoms with Gasteiger partial charge in [0, 0.05) is 21.6 Å². The van der Waals surface area contributed by atoms with Crippen LogP contribution in [0.5, 0.6) is 11.8 Å². The van der Waals surface area contributed by atoms with Crippen molar-refractivity contribution in [2.24, 2.45) is 0 Å². The molecule has 0 unspecified atom stereocenters. The second kappa shape index (κ2) is 11.5. The van der Waals surface area contributed by atoms with E-state index in [1.54, 1.807) is 42.5 Å². The average Bonchev–Trinajstić information content (AvgIpc) is 3.67. The highest BCUT2D eigenvalue weighted by Crippen LogP contribution is 2.44. The summed E-state index contributed by atoms with van der Waals surface area (Å²) in [4.78, 5) is 45.4. The third kappa shape index (κ3) is 5.28. The molecule has 1 aliphatic rings. The first-order valence-electron chi connectivity index (χ1n) is 14.2. The molecule has 1 fully saturated rings. The molecule has 10 nitrogen and oxygen atoms in total. The molecule has 0 radical (unpaired) electrons. The zero-order valence-electron chi connectivity index (χ0n) is 24.2. The van der Waals surface area contributed by atoms with E-state index in [4.69, 9.17) is 4.74 Å². The van der Waals surface area contributed by atoms with E-state index in [1.165, 1.54) is 30.6 Å². The number of hydrogen-bond acceptors (Lipinski definition) is 9. The summed E-state index contributed by atoms with van der Waals surface area (Å²) in [5, 5.41) is 15.3. The monoisotopic (exact) mass is 641 g/mol. The Kier molecular flexibility index (Phi) is 7.32. The van der Waals surface area contributed by atoms with E-state index in [0.717, 1.165) is 39.0 Å². The number of halogens is 2. The number of nitrogens with zero attached hydrogens (tertiary/aromatic N) is 4. The number of benzene rings is 3. The van der Waals surface area contributed by atoms with E-state index in [-0.39, 0.29) is 33.1 Å². The topological polar surface area (TPSA) is 132 Å². The van der Waals surface area contributed by atoms with Gasteiger partial charge in [-0.3, -0.25) is 18.7 Å². The van der Waals surface area contributed by atoms with Crippen molar-refractivity contribution in [3.8, 4) is 34.3 Å². The van der Waals surface area contributed by atoms with Gasteiger partial charge in [0.25, 0.3) is 5.56 Å². The number of ketones is 1. The molecule has 3 aromatic heterocycles. The summed E-state index contributed by atoms with van der Waals surface area (Å²) in [6.45, 7) is -1.09. The molecule has 7 rings (SSSR count). The van der Waals surface area contributed by atoms with Crippen molar-refractivity contribution in [1.82, 2.24) is 19.3 Å². The van der Waals surface area contributed by atoms with Crippen LogP contribution >= 0.6 is 11.3 Å². The van der Waals surface area contributed by atoms with Crippen molar-refractivity contribution < 1.29 is 27.9 Å². The van der Waals surface area contributed by atoms with Crippen LogP contribution in [0.3, 0.4) is 0 Å². The first-order chi connectivity index (χ1) is 22.2. The van der Waals surface area contributed by atoms with Gasteiger partial charge in [-0.15, -0.1) is 11.3 Å². The summed E-state index contributed by atoms with van der Waals surface area (Å²) in [5.41, 5.74) is -0.810. The molecule has 0 N–H and O–H groups in total. The fourth-order valence-electron chi connectivity index (χ4n) is 5.39. The first kappa shape index (κ1) is 29.3. The zero-order valence-corrected chi connectivity index (χ0v) is 25.0. The zero-order chi connectivity index (χ0) is 32.1. The van der Waals surface area contributed by atoms with Crippen molar-refractivity contribution in [3.63, 3.8) is 0 Å². The Morgan fingerprint density at radius 2 is 1.72 bits per heavy atom. The van der Waals surface area contributed by atoms with Crippen LogP contribution in [0, 0.1) is 11.6 Å². The Morgan fingerprint density at radius 3 is 2.35 bits per heavy atom. The summed E-state index contributed by atoms with van der Waals surface area (Å²) in [7, 11) is 1.49. The molecule has 1 aliphatic carbocycles. The third-order valence-electron chi connectivity index (χ3n) is 7.95. The predicted octanol–water partition coefficient (Wildman–Crippen LogP) is 5.11. The van der Waals surface area contributed by atoms with E-state index in [0.29, 0.717) is 16.9 Å². The summed E-state index contributed by atoms with van der Waals surface area (Å²) in [5.74, 6) is -1.61. The summed E-state index contributed by atoms with van der Waals surface area (Å²) in [6, 6.07) is 16.7. The van der Waals surface area contributed by atoms with Gasteiger partial charge in [0.2, 0.25) is 0 Å². The average molecular weight is 642 g/mol. The molecular weight excluding hydrogens is 618 g/mol. The Balaban J connectivity index is 1.30. The molecule has 0 amide bonds. The molecule has 0 atom stereocenters. The molecule has 1 saturated carbocycles. The Hall–Kier alpha value is -5.43. The number of carbonyl (C=O) groups excluding carboxylic acids is 1. The molecule has 3 aromatic carbocycles. The van der Waals surface area contributed by atoms with Gasteiger partial charge in [0.15, 0.2) is 17.7 Å². The van der Waals surface area contributed by atoms with Crippen LogP contribution in [-0.2, 0) is 13.1 Å². The smallest absolute Gasteiger partial charge is 0.332 e. The SMILES string of the molecule is COc1ccc(C(=O)Cn2c(=O)c3cc(C4CC4)sc3n(Cc3c(F)cc(-c4ccccc4-c4noc([O-])n4)cc3F)c2=O)cc1. The predicted molar refractivity (Wildman–Crippen MR) is 163 cm³/mol. The van der Waals surface area contributed by atoms with Crippen molar-refractivity contribution >= 4 is 27.3 Å². The van der Waals surface area contributed by atoms with Gasteiger partial charge in [-0.2, -0.15) is 5.16 Å². The first-order valence-corrected chi connectivity index (χ1v) is 15.1. The lowest BCUT2D eigenvalue weighted by molar-refractivity contribution is -0.303. The summed E-state index contributed by atoms with van der Waals surface area (Å²) >= 11 is 1.24. The molecule has 13 heteroatoms. The molecule has 46 heavy (non-hydrogen) atoms. The van der Waals surface area contributed by atoms with Gasteiger partial charge < -0.3 is 14.4 Å². The lowest BCUT2D eigenvalue weighted by atomic mass is 9.97. The maximum atomic E-state index is 15.8. The second-order valence-electron chi connectivity index (χ2n) is 10.9. The highest BCUT2D eigenvalue weighted by Gasteiger charge is 2.28. The van der Waals surface area contributed by atoms with Gasteiger partial charge in [-0.1, -0.05) is 24.3 Å². The minimum absolute atomic E-state index is 0.0324. The van der Waals surface area contributed by atoms with E-state index >= 15 is 8.78 Å². The highest BCUT2D eigenvalue weighted by molar-refractivity contribution is 7.18. The number of thiophene rings is 1. The maximum absolute atomic E-state index is 15.8. The Labute approximate surface area is 262 Å². The van der Waals surface area contributed by atoms with Crippen molar-refractivity contribution in [1.29, 1.82) is 0 Å². The molecule has 0 spiro atoms. The molecule has 232 valence electrons. The highest BCUT2D eigenvalue weighted by atomic mass is 32.1. The Bertz CT molecular complexity index is 2240. The van der Waals surface area contributed by atoms with Crippen LogP contribution in [-0.4, -0.2) is 32.2 Å². The number of fused-ring (bicyclic) bond motifs is 1. The van der Waals surface area contributed by atoms with Crippen LogP contribution in [0.4, 0.5) is 8.78 Å². The number of aromatic nitrogens is 4. The van der Waals surface area contributed by atoms with Crippen LogP contribution in [0.25, 0.3) is 32.7 Å². The lowest BCUT2D eigenvalue weighted by Crippen LogP contribution is -2.41. The normalized spacial score (nSPS) is 12.9. The molecule has 0 saturated heterocycles. The van der Waals surface area contributed by atoms with Gasteiger partial charge in [0.05, 0.1) is 25.6 Å². The lowest BCUT2D eigenvalue weighted by Gasteiger charge is -2.14. The van der Waals surface area contributed by atoms with Gasteiger partial charge in [0.1, 0.15) is 22.2 Å². The van der Waals surface area contributed by atoms with Crippen molar-refractivity contribution in [2.75, 3.05) is 7.11 Å². The van der Waals surface area contributed by atoms with Crippen LogP contribution in [0.2, 0.25) is 0 Å². The van der Waals surface area contributed by atoms with Crippen molar-refractivity contribution in [3.05, 3.63) is 115 Å². The maximum Gasteiger partial charge on any atom is 0.332 e. The fourth-order valence-corrected chi connectivity index (χ4v) is 6.71. The quantitative estimate of drug-likeness (QED) is 0.199. The minimum Gasteiger partial charge on any atom is -0.528 e. The minimum atomic E-state index is -0.937. The van der Waals surface area contributed by atoms with Crippen LogP contribution < -0.4 is 21.1 Å². The standard InChI is InChI=1S/C33H24F2N4O6S/c1-44-20-10-8-17(9-11-20)27(40)16-38-30(41)23-14-28(18-6-7-18)46-31(23)39(33(38)43)15-24-25(34)12-19(13-26(24)35)21-4-2-3-5-22(21)29-36-32(42)45-37-29/h2-5,8-14,18H,6-7,15-16H2,1H3,(H,36,37,42)/p-1. The fraction of sp³-hybridized carbons (Fsp3) is 0.182. The summed E-state index contributed by atoms with van der Waals surface area (Å²) < 4.78 is 43.2. The van der Waals surface area contributed by atoms with Crippen LogP contribution in [0.1, 0.15) is 39.6 Å². The number of methoxy groups -OCH3 is 1. The molecule has 3 heterocycles.